The van der Waals surface area contributed by atoms with E-state index in [4.69, 9.17) is 65.0 Å². The molecule has 3 rings (SSSR count). The fourth-order valence-corrected chi connectivity index (χ4v) is 3.38. The van der Waals surface area contributed by atoms with Crippen molar-refractivity contribution in [3.8, 4) is 11.7 Å². The van der Waals surface area contributed by atoms with Gasteiger partial charge in [0.1, 0.15) is 0 Å². The lowest BCUT2D eigenvalue weighted by Crippen LogP contribution is -2.12. The van der Waals surface area contributed by atoms with Gasteiger partial charge in [-0.05, 0) is 36.4 Å². The Labute approximate surface area is 195 Å². The molecule has 162 valence electrons. The van der Waals surface area contributed by atoms with E-state index in [1.807, 2.05) is 0 Å². The highest BCUT2D eigenvalue weighted by Crippen LogP contribution is 2.36. The Morgan fingerprint density at radius 1 is 0.935 bits per heavy atom. The van der Waals surface area contributed by atoms with Gasteiger partial charge in [0.15, 0.2) is 12.4 Å². The third-order valence-electron chi connectivity index (χ3n) is 3.86. The minimum atomic E-state index is -1.10. The molecule has 6 nitrogen and oxygen atoms in total. The first-order valence-electron chi connectivity index (χ1n) is 8.35. The van der Waals surface area contributed by atoms with Crippen LogP contribution in [0, 0.1) is 5.82 Å². The number of carbonyl (C=O) groups is 2. The SMILES string of the molecule is COc1oc(COC(=O)c2ccc(Cl)cc2Cl)c(OC(=O)c2ccc(Cl)cc2Cl)c1F. The average Bonchev–Trinajstić information content (AvgIpc) is 3.01. The van der Waals surface area contributed by atoms with Crippen molar-refractivity contribution in [2.75, 3.05) is 7.11 Å². The van der Waals surface area contributed by atoms with Gasteiger partial charge in [0.2, 0.25) is 11.6 Å². The molecule has 0 atom stereocenters. The van der Waals surface area contributed by atoms with Crippen molar-refractivity contribution in [2.24, 2.45) is 0 Å². The summed E-state index contributed by atoms with van der Waals surface area (Å²) in [4.78, 5) is 24.7. The first-order chi connectivity index (χ1) is 14.7. The Hall–Kier alpha value is -2.45. The van der Waals surface area contributed by atoms with Crippen LogP contribution in [-0.4, -0.2) is 19.0 Å². The molecule has 0 N–H and O–H groups in total. The Balaban J connectivity index is 1.82. The number of hydrogen-bond acceptors (Lipinski definition) is 6. The van der Waals surface area contributed by atoms with Gasteiger partial charge >= 0.3 is 17.9 Å². The zero-order valence-corrected chi connectivity index (χ0v) is 18.5. The van der Waals surface area contributed by atoms with Crippen molar-refractivity contribution >= 4 is 58.3 Å². The molecule has 0 aliphatic heterocycles. The number of rotatable bonds is 6. The molecule has 1 heterocycles. The van der Waals surface area contributed by atoms with Crippen molar-refractivity contribution in [1.82, 2.24) is 0 Å². The predicted octanol–water partition coefficient (Wildman–Crippen LogP) is 6.62. The third-order valence-corrected chi connectivity index (χ3v) is 4.96. The molecule has 0 amide bonds. The van der Waals surface area contributed by atoms with E-state index < -0.39 is 36.1 Å². The third kappa shape index (κ3) is 5.25. The summed E-state index contributed by atoms with van der Waals surface area (Å²) < 4.78 is 34.7. The van der Waals surface area contributed by atoms with E-state index in [2.05, 4.69) is 0 Å². The Bertz CT molecular complexity index is 1160. The van der Waals surface area contributed by atoms with E-state index in [1.165, 1.54) is 36.4 Å². The van der Waals surface area contributed by atoms with Crippen LogP contribution < -0.4 is 9.47 Å². The molecule has 0 saturated heterocycles. The molecule has 1 aromatic heterocycles. The second-order valence-corrected chi connectivity index (χ2v) is 7.56. The molecule has 31 heavy (non-hydrogen) atoms. The molecule has 0 aliphatic carbocycles. The van der Waals surface area contributed by atoms with Gasteiger partial charge in [-0.25, -0.2) is 9.59 Å². The van der Waals surface area contributed by atoms with Crippen LogP contribution in [0.2, 0.25) is 20.1 Å². The van der Waals surface area contributed by atoms with Crippen molar-refractivity contribution in [2.45, 2.75) is 6.61 Å². The fraction of sp³-hybridized carbons (Fsp3) is 0.100. The van der Waals surface area contributed by atoms with Crippen molar-refractivity contribution in [1.29, 1.82) is 0 Å². The molecule has 11 heteroatoms. The van der Waals surface area contributed by atoms with Gasteiger partial charge in [-0.15, -0.1) is 0 Å². The quantitative estimate of drug-likeness (QED) is 0.349. The molecule has 2 aromatic carbocycles. The number of methoxy groups -OCH3 is 1. The minimum Gasteiger partial charge on any atom is -0.466 e. The van der Waals surface area contributed by atoms with Gasteiger partial charge in [-0.2, -0.15) is 4.39 Å². The van der Waals surface area contributed by atoms with Crippen LogP contribution in [0.4, 0.5) is 4.39 Å². The van der Waals surface area contributed by atoms with Gasteiger partial charge in [-0.1, -0.05) is 46.4 Å². The maximum atomic E-state index is 14.6. The minimum absolute atomic E-state index is 0.00118. The van der Waals surface area contributed by atoms with E-state index in [1.54, 1.807) is 0 Å². The van der Waals surface area contributed by atoms with Crippen LogP contribution in [0.3, 0.4) is 0 Å². The summed E-state index contributed by atoms with van der Waals surface area (Å²) in [6.45, 7) is -0.588. The summed E-state index contributed by atoms with van der Waals surface area (Å²) in [5, 5.41) is 0.684. The van der Waals surface area contributed by atoms with Crippen LogP contribution in [-0.2, 0) is 11.3 Å². The van der Waals surface area contributed by atoms with E-state index in [9.17, 15) is 14.0 Å². The Morgan fingerprint density at radius 3 is 2.00 bits per heavy atom. The van der Waals surface area contributed by atoms with Gasteiger partial charge in [0.25, 0.3) is 0 Å². The molecule has 0 spiro atoms. The first-order valence-corrected chi connectivity index (χ1v) is 9.87. The van der Waals surface area contributed by atoms with Gasteiger partial charge in [0.05, 0.1) is 28.3 Å². The van der Waals surface area contributed by atoms with E-state index >= 15 is 0 Å². The summed E-state index contributed by atoms with van der Waals surface area (Å²) in [6.07, 6.45) is 0. The number of ether oxygens (including phenoxy) is 3. The van der Waals surface area contributed by atoms with E-state index in [-0.39, 0.29) is 26.9 Å². The lowest BCUT2D eigenvalue weighted by Gasteiger charge is -2.08. The Kier molecular flexibility index (Phi) is 7.33. The summed E-state index contributed by atoms with van der Waals surface area (Å²) in [6, 6.07) is 8.21. The highest BCUT2D eigenvalue weighted by Gasteiger charge is 2.28. The lowest BCUT2D eigenvalue weighted by molar-refractivity contribution is 0.0435. The van der Waals surface area contributed by atoms with Crippen LogP contribution in [0.25, 0.3) is 0 Å². The molecule has 0 aliphatic rings. The summed E-state index contributed by atoms with van der Waals surface area (Å²) in [7, 11) is 1.15. The molecule has 0 radical (unpaired) electrons. The summed E-state index contributed by atoms with van der Waals surface area (Å²) in [5.74, 6) is -4.43. The number of esters is 2. The predicted molar refractivity (Wildman–Crippen MR) is 112 cm³/mol. The van der Waals surface area contributed by atoms with Gasteiger partial charge in [-0.3, -0.25) is 0 Å². The molecule has 0 unspecified atom stereocenters. The fourth-order valence-electron chi connectivity index (χ4n) is 2.41. The van der Waals surface area contributed by atoms with Crippen LogP contribution >= 0.6 is 46.4 Å². The largest absolute Gasteiger partial charge is 0.466 e. The zero-order chi connectivity index (χ0) is 22.7. The highest BCUT2D eigenvalue weighted by atomic mass is 35.5. The second kappa shape index (κ2) is 9.78. The normalized spacial score (nSPS) is 10.6. The second-order valence-electron chi connectivity index (χ2n) is 5.87. The van der Waals surface area contributed by atoms with Crippen LogP contribution in [0.15, 0.2) is 40.8 Å². The zero-order valence-electron chi connectivity index (χ0n) is 15.5. The monoisotopic (exact) mass is 506 g/mol. The maximum absolute atomic E-state index is 14.6. The molecule has 0 fully saturated rings. The molecular formula is C20H11Cl4FO6. The molecule has 0 saturated carbocycles. The number of halogens is 5. The topological polar surface area (TPSA) is 75.0 Å². The number of benzene rings is 2. The highest BCUT2D eigenvalue weighted by molar-refractivity contribution is 6.37. The molecular weight excluding hydrogens is 497 g/mol. The maximum Gasteiger partial charge on any atom is 0.345 e. The van der Waals surface area contributed by atoms with Crippen molar-refractivity contribution in [3.05, 3.63) is 79.2 Å². The van der Waals surface area contributed by atoms with Gasteiger partial charge in [0, 0.05) is 10.0 Å². The van der Waals surface area contributed by atoms with Crippen molar-refractivity contribution in [3.63, 3.8) is 0 Å². The summed E-state index contributed by atoms with van der Waals surface area (Å²) >= 11 is 23.6. The van der Waals surface area contributed by atoms with E-state index in [0.29, 0.717) is 10.0 Å². The van der Waals surface area contributed by atoms with Crippen LogP contribution in [0.1, 0.15) is 26.5 Å². The molecule has 3 aromatic rings. The number of carbonyl (C=O) groups excluding carboxylic acids is 2. The van der Waals surface area contributed by atoms with E-state index in [0.717, 1.165) is 7.11 Å². The smallest absolute Gasteiger partial charge is 0.345 e. The lowest BCUT2D eigenvalue weighted by atomic mass is 10.2. The van der Waals surface area contributed by atoms with Crippen LogP contribution in [0.5, 0.6) is 11.7 Å². The molecule has 0 bridgehead atoms. The van der Waals surface area contributed by atoms with Crippen molar-refractivity contribution < 1.29 is 32.6 Å². The standard InChI is InChI=1S/C20H11Cl4FO6/c1-28-20-16(25)17(31-19(27)12-5-3-10(22)7-14(12)24)15(30-20)8-29-18(26)11-4-2-9(21)6-13(11)23/h2-7H,8H2,1H3. The first kappa shape index (κ1) is 23.2. The average molecular weight is 508 g/mol. The Morgan fingerprint density at radius 2 is 1.48 bits per heavy atom. The van der Waals surface area contributed by atoms with Gasteiger partial charge < -0.3 is 18.6 Å². The number of hydrogen-bond donors (Lipinski definition) is 0. The number of furan rings is 1. The summed E-state index contributed by atoms with van der Waals surface area (Å²) in [5.41, 5.74) is -0.0434.